The van der Waals surface area contributed by atoms with Crippen molar-refractivity contribution in [3.63, 3.8) is 0 Å². The summed E-state index contributed by atoms with van der Waals surface area (Å²) in [5, 5.41) is 3.98. The average molecular weight is 484 g/mol. The summed E-state index contributed by atoms with van der Waals surface area (Å²) < 4.78 is 24.6. The van der Waals surface area contributed by atoms with Crippen molar-refractivity contribution in [3.05, 3.63) is 83.8 Å². The van der Waals surface area contributed by atoms with E-state index < -0.39 is 0 Å². The summed E-state index contributed by atoms with van der Waals surface area (Å²) in [6, 6.07) is 20.1. The number of ether oxygens (including phenoxy) is 2. The van der Waals surface area contributed by atoms with Gasteiger partial charge in [-0.1, -0.05) is 24.3 Å². The normalized spacial score (nSPS) is 16.9. The van der Waals surface area contributed by atoms with Gasteiger partial charge in [0.1, 0.15) is 18.2 Å². The Labute approximate surface area is 208 Å². The molecule has 2 N–H and O–H groups in total. The number of fused-ring (bicyclic) bond motifs is 2. The number of halogens is 1. The summed E-state index contributed by atoms with van der Waals surface area (Å²) >= 11 is 0. The number of carbonyl (C=O) groups is 1. The Morgan fingerprint density at radius 2 is 1.78 bits per heavy atom. The summed E-state index contributed by atoms with van der Waals surface area (Å²) in [7, 11) is 0. The van der Waals surface area contributed by atoms with Crippen molar-refractivity contribution >= 4 is 34.1 Å². The molecule has 0 atom stereocenters. The Balaban J connectivity index is 1.20. The van der Waals surface area contributed by atoms with Crippen molar-refractivity contribution in [3.8, 4) is 16.9 Å². The number of benzene rings is 3. The second kappa shape index (κ2) is 9.60. The van der Waals surface area contributed by atoms with Crippen molar-refractivity contribution in [2.45, 2.75) is 0 Å². The van der Waals surface area contributed by atoms with Gasteiger partial charge in [-0.05, 0) is 59.7 Å². The van der Waals surface area contributed by atoms with Gasteiger partial charge < -0.3 is 19.8 Å². The van der Waals surface area contributed by atoms with E-state index in [1.165, 1.54) is 12.1 Å². The number of nitrogens with one attached hydrogen (secondary N) is 2. The van der Waals surface area contributed by atoms with Crippen LogP contribution in [0.25, 0.3) is 33.7 Å². The first-order chi connectivity index (χ1) is 17.6. The average Bonchev–Trinajstić information content (AvgIpc) is 3.44. The molecule has 1 aromatic heterocycles. The van der Waals surface area contributed by atoms with Gasteiger partial charge in [-0.15, -0.1) is 0 Å². The molecule has 1 saturated heterocycles. The largest absolute Gasteiger partial charge is 0.492 e. The number of aromatic nitrogens is 1. The third kappa shape index (κ3) is 4.63. The number of amides is 1. The highest BCUT2D eigenvalue weighted by Crippen LogP contribution is 2.36. The number of morpholine rings is 1. The van der Waals surface area contributed by atoms with Crippen LogP contribution in [0, 0.1) is 5.82 Å². The molecule has 2 aliphatic heterocycles. The summed E-state index contributed by atoms with van der Waals surface area (Å²) in [6.45, 7) is 4.97. The Morgan fingerprint density at radius 1 is 0.972 bits per heavy atom. The standard InChI is InChI=1S/C29H26FN3O3/c30-22-4-1-19(2-5-22)20-3-7-25-26(29(34)32-28(25)17-20)18-23-15-21-16-24(6-8-27(21)31-23)36-14-11-33-9-12-35-13-10-33/h1-8,15-18,31H,9-14H2,(H,32,34). The Hall–Kier alpha value is -3.94. The predicted molar refractivity (Wildman–Crippen MR) is 139 cm³/mol. The van der Waals surface area contributed by atoms with Gasteiger partial charge >= 0.3 is 0 Å². The van der Waals surface area contributed by atoms with Crippen LogP contribution in [0.2, 0.25) is 0 Å². The van der Waals surface area contributed by atoms with Gasteiger partial charge in [-0.3, -0.25) is 9.69 Å². The maximum absolute atomic E-state index is 13.3. The van der Waals surface area contributed by atoms with Crippen LogP contribution in [-0.4, -0.2) is 55.2 Å². The number of nitrogens with zero attached hydrogens (tertiary/aromatic N) is 1. The van der Waals surface area contributed by atoms with Crippen molar-refractivity contribution < 1.29 is 18.7 Å². The topological polar surface area (TPSA) is 66.6 Å². The third-order valence-corrected chi connectivity index (χ3v) is 6.67. The molecular formula is C29H26FN3O3. The molecule has 0 bridgehead atoms. The van der Waals surface area contributed by atoms with Crippen LogP contribution < -0.4 is 10.1 Å². The Bertz CT molecular complexity index is 1450. The zero-order valence-electron chi connectivity index (χ0n) is 19.7. The number of H-pyrrole nitrogens is 1. The first kappa shape index (κ1) is 22.5. The molecule has 0 saturated carbocycles. The lowest BCUT2D eigenvalue weighted by molar-refractivity contribution is -0.110. The van der Waals surface area contributed by atoms with Crippen LogP contribution in [0.1, 0.15) is 11.3 Å². The minimum atomic E-state index is -0.275. The molecule has 0 spiro atoms. The third-order valence-electron chi connectivity index (χ3n) is 6.67. The van der Waals surface area contributed by atoms with E-state index in [0.29, 0.717) is 12.2 Å². The van der Waals surface area contributed by atoms with E-state index in [1.54, 1.807) is 12.1 Å². The second-order valence-electron chi connectivity index (χ2n) is 9.06. The quantitative estimate of drug-likeness (QED) is 0.371. The van der Waals surface area contributed by atoms with Gasteiger partial charge in [0.25, 0.3) is 5.91 Å². The molecule has 0 radical (unpaired) electrons. The monoisotopic (exact) mass is 483 g/mol. The molecule has 1 amide bonds. The lowest BCUT2D eigenvalue weighted by Crippen LogP contribution is -2.38. The fraction of sp³-hybridized carbons (Fsp3) is 0.207. The maximum Gasteiger partial charge on any atom is 0.256 e. The molecule has 3 aromatic carbocycles. The van der Waals surface area contributed by atoms with Crippen LogP contribution in [0.4, 0.5) is 10.1 Å². The molecule has 6 nitrogen and oxygen atoms in total. The number of hydrogen-bond donors (Lipinski definition) is 2. The number of anilines is 1. The van der Waals surface area contributed by atoms with Gasteiger partial charge in [0.2, 0.25) is 0 Å². The van der Waals surface area contributed by atoms with Gasteiger partial charge in [-0.25, -0.2) is 4.39 Å². The highest BCUT2D eigenvalue weighted by atomic mass is 19.1. The van der Waals surface area contributed by atoms with E-state index in [1.807, 2.05) is 48.5 Å². The van der Waals surface area contributed by atoms with Crippen LogP contribution in [0.5, 0.6) is 5.75 Å². The molecule has 36 heavy (non-hydrogen) atoms. The van der Waals surface area contributed by atoms with E-state index in [9.17, 15) is 9.18 Å². The first-order valence-electron chi connectivity index (χ1n) is 12.1. The van der Waals surface area contributed by atoms with E-state index >= 15 is 0 Å². The minimum absolute atomic E-state index is 0.146. The van der Waals surface area contributed by atoms with Crippen molar-refractivity contribution in [1.82, 2.24) is 9.88 Å². The summed E-state index contributed by atoms with van der Waals surface area (Å²) in [5.74, 6) is 0.404. The highest BCUT2D eigenvalue weighted by molar-refractivity contribution is 6.35. The lowest BCUT2D eigenvalue weighted by atomic mass is 10.00. The molecule has 6 rings (SSSR count). The van der Waals surface area contributed by atoms with Crippen LogP contribution in [0.3, 0.4) is 0 Å². The lowest BCUT2D eigenvalue weighted by Gasteiger charge is -2.26. The Morgan fingerprint density at radius 3 is 2.61 bits per heavy atom. The molecule has 3 heterocycles. The predicted octanol–water partition coefficient (Wildman–Crippen LogP) is 5.18. The molecule has 1 fully saturated rings. The van der Waals surface area contributed by atoms with Crippen LogP contribution >= 0.6 is 0 Å². The summed E-state index contributed by atoms with van der Waals surface area (Å²) in [5.41, 5.74) is 5.83. The van der Waals surface area contributed by atoms with E-state index in [4.69, 9.17) is 9.47 Å². The van der Waals surface area contributed by atoms with E-state index in [2.05, 4.69) is 15.2 Å². The van der Waals surface area contributed by atoms with E-state index in [0.717, 1.165) is 77.6 Å². The van der Waals surface area contributed by atoms with Crippen LogP contribution in [0.15, 0.2) is 66.7 Å². The SMILES string of the molecule is O=C1Nc2cc(-c3ccc(F)cc3)ccc2C1=Cc1cc2cc(OCCN3CCOCC3)ccc2[nH]1. The summed E-state index contributed by atoms with van der Waals surface area (Å²) in [4.78, 5) is 18.5. The zero-order valence-corrected chi connectivity index (χ0v) is 19.7. The molecule has 7 heteroatoms. The zero-order chi connectivity index (χ0) is 24.5. The van der Waals surface area contributed by atoms with Gasteiger partial charge in [0.15, 0.2) is 0 Å². The molecular weight excluding hydrogens is 457 g/mol. The number of aromatic amines is 1. The maximum atomic E-state index is 13.3. The van der Waals surface area contributed by atoms with Gasteiger partial charge in [0, 0.05) is 47.5 Å². The van der Waals surface area contributed by atoms with Gasteiger partial charge in [-0.2, -0.15) is 0 Å². The summed E-state index contributed by atoms with van der Waals surface area (Å²) in [6.07, 6.45) is 1.87. The second-order valence-corrected chi connectivity index (χ2v) is 9.06. The molecule has 0 unspecified atom stereocenters. The minimum Gasteiger partial charge on any atom is -0.492 e. The molecule has 0 aliphatic carbocycles. The van der Waals surface area contributed by atoms with Crippen LogP contribution in [-0.2, 0) is 9.53 Å². The van der Waals surface area contributed by atoms with Crippen molar-refractivity contribution in [2.75, 3.05) is 44.8 Å². The molecule has 2 aliphatic rings. The highest BCUT2D eigenvalue weighted by Gasteiger charge is 2.24. The fourth-order valence-electron chi connectivity index (χ4n) is 4.73. The van der Waals surface area contributed by atoms with Gasteiger partial charge in [0.05, 0.1) is 18.8 Å². The number of hydrogen-bond acceptors (Lipinski definition) is 4. The molecule has 4 aromatic rings. The van der Waals surface area contributed by atoms with Crippen molar-refractivity contribution in [1.29, 1.82) is 0 Å². The smallest absolute Gasteiger partial charge is 0.256 e. The van der Waals surface area contributed by atoms with E-state index in [-0.39, 0.29) is 11.7 Å². The fourth-order valence-corrected chi connectivity index (χ4v) is 4.73. The Kier molecular flexibility index (Phi) is 6.01. The number of rotatable bonds is 6. The first-order valence-corrected chi connectivity index (χ1v) is 12.1. The van der Waals surface area contributed by atoms with Crippen molar-refractivity contribution in [2.24, 2.45) is 0 Å². The molecule has 182 valence electrons. The number of carbonyl (C=O) groups excluding carboxylic acids is 1.